The quantitative estimate of drug-likeness (QED) is 0.342. The third kappa shape index (κ3) is 5.63. The SMILES string of the molecule is N#Cc1cc(Cl)cc(Oc2c(C(F)(F)F)ncn(Cc3cc(-c4ccc(Cl)c(F)c4)n[nH]c3=O)c2=O)c1. The first-order valence-corrected chi connectivity index (χ1v) is 10.8. The number of rotatable bonds is 5. The second kappa shape index (κ2) is 10.0. The Balaban J connectivity index is 1.78. The van der Waals surface area contributed by atoms with Gasteiger partial charge in [0.25, 0.3) is 11.1 Å². The first kappa shape index (κ1) is 25.9. The molecule has 188 valence electrons. The van der Waals surface area contributed by atoms with E-state index >= 15 is 0 Å². The van der Waals surface area contributed by atoms with Gasteiger partial charge in [0.1, 0.15) is 11.6 Å². The van der Waals surface area contributed by atoms with Crippen LogP contribution in [-0.2, 0) is 12.7 Å². The summed E-state index contributed by atoms with van der Waals surface area (Å²) in [4.78, 5) is 28.7. The number of alkyl halides is 3. The fraction of sp³-hybridized carbons (Fsp3) is 0.0870. The van der Waals surface area contributed by atoms with Crippen LogP contribution in [0, 0.1) is 17.1 Å². The number of halogens is 6. The van der Waals surface area contributed by atoms with Gasteiger partial charge in [-0.3, -0.25) is 14.2 Å². The van der Waals surface area contributed by atoms with E-state index in [0.29, 0.717) is 6.33 Å². The van der Waals surface area contributed by atoms with Gasteiger partial charge >= 0.3 is 6.18 Å². The molecule has 2 aromatic carbocycles. The molecule has 0 saturated carbocycles. The van der Waals surface area contributed by atoms with E-state index in [4.69, 9.17) is 33.2 Å². The molecule has 2 heterocycles. The summed E-state index contributed by atoms with van der Waals surface area (Å²) >= 11 is 11.6. The van der Waals surface area contributed by atoms with Crippen molar-refractivity contribution in [2.24, 2.45) is 0 Å². The number of ether oxygens (including phenoxy) is 1. The lowest BCUT2D eigenvalue weighted by molar-refractivity contribution is -0.142. The Hall–Kier alpha value is -4.21. The molecule has 2 aromatic heterocycles. The molecule has 0 aliphatic rings. The van der Waals surface area contributed by atoms with Crippen molar-refractivity contribution in [3.05, 3.63) is 102 Å². The standard InChI is InChI=1S/C23H11Cl2F4N5O3/c24-14-3-11(8-30)4-15(7-14)37-19-20(23(27,28)29)31-10-34(22(19)36)9-13-6-18(32-33-21(13)35)12-1-2-16(25)17(26)5-12/h1-7,10H,9H2,(H,33,35). The van der Waals surface area contributed by atoms with Gasteiger partial charge in [0.15, 0.2) is 5.69 Å². The molecule has 0 unspecified atom stereocenters. The molecule has 0 amide bonds. The maximum atomic E-state index is 13.9. The van der Waals surface area contributed by atoms with Crippen molar-refractivity contribution in [3.8, 4) is 28.8 Å². The predicted octanol–water partition coefficient (Wildman–Crippen LogP) is 5.17. The highest BCUT2D eigenvalue weighted by molar-refractivity contribution is 6.31. The molecule has 4 rings (SSSR count). The Bertz CT molecular complexity index is 1680. The maximum absolute atomic E-state index is 13.9. The molecule has 4 aromatic rings. The lowest BCUT2D eigenvalue weighted by Gasteiger charge is -2.15. The number of nitriles is 1. The summed E-state index contributed by atoms with van der Waals surface area (Å²) < 4.78 is 60.6. The number of benzene rings is 2. The van der Waals surface area contributed by atoms with Crippen molar-refractivity contribution in [1.29, 1.82) is 5.26 Å². The van der Waals surface area contributed by atoms with Gasteiger partial charge in [0.05, 0.1) is 35.2 Å². The molecular weight excluding hydrogens is 541 g/mol. The molecule has 0 fully saturated rings. The zero-order valence-electron chi connectivity index (χ0n) is 18.1. The Labute approximate surface area is 214 Å². The largest absolute Gasteiger partial charge is 0.449 e. The average molecular weight is 552 g/mol. The molecule has 8 nitrogen and oxygen atoms in total. The van der Waals surface area contributed by atoms with E-state index in [1.165, 1.54) is 24.3 Å². The van der Waals surface area contributed by atoms with Crippen molar-refractivity contribution in [2.45, 2.75) is 12.7 Å². The first-order chi connectivity index (χ1) is 17.5. The summed E-state index contributed by atoms with van der Waals surface area (Å²) in [5.74, 6) is -2.23. The molecule has 14 heteroatoms. The second-order valence-electron chi connectivity index (χ2n) is 7.48. The number of hydrogen-bond donors (Lipinski definition) is 1. The van der Waals surface area contributed by atoms with Gasteiger partial charge in [0, 0.05) is 16.1 Å². The topological polar surface area (TPSA) is 114 Å². The van der Waals surface area contributed by atoms with Crippen molar-refractivity contribution >= 4 is 23.2 Å². The normalized spacial score (nSPS) is 11.3. The summed E-state index contributed by atoms with van der Waals surface area (Å²) in [6.45, 7) is -0.528. The second-order valence-corrected chi connectivity index (χ2v) is 8.32. The van der Waals surface area contributed by atoms with Crippen LogP contribution in [0.4, 0.5) is 17.6 Å². The number of H-pyrrole nitrogens is 1. The van der Waals surface area contributed by atoms with Gasteiger partial charge < -0.3 is 4.74 Å². The number of hydrogen-bond acceptors (Lipinski definition) is 6. The Morgan fingerprint density at radius 2 is 1.86 bits per heavy atom. The Kier molecular flexibility index (Phi) is 7.02. The molecule has 37 heavy (non-hydrogen) atoms. The minimum Gasteiger partial charge on any atom is -0.449 e. The predicted molar refractivity (Wildman–Crippen MR) is 124 cm³/mol. The molecular formula is C23H11Cl2F4N5O3. The summed E-state index contributed by atoms with van der Waals surface area (Å²) in [5.41, 5.74) is -3.39. The zero-order chi connectivity index (χ0) is 26.9. The van der Waals surface area contributed by atoms with Crippen LogP contribution in [0.25, 0.3) is 11.3 Å². The van der Waals surface area contributed by atoms with Crippen LogP contribution in [0.15, 0.2) is 58.4 Å². The molecule has 0 radical (unpaired) electrons. The van der Waals surface area contributed by atoms with Crippen LogP contribution in [0.1, 0.15) is 16.8 Å². The molecule has 0 atom stereocenters. The summed E-state index contributed by atoms with van der Waals surface area (Å²) in [6, 6.07) is 10.3. The van der Waals surface area contributed by atoms with Gasteiger partial charge in [-0.05, 0) is 36.4 Å². The van der Waals surface area contributed by atoms with E-state index in [2.05, 4.69) is 15.2 Å². The summed E-state index contributed by atoms with van der Waals surface area (Å²) in [5, 5.41) is 14.9. The van der Waals surface area contributed by atoms with Gasteiger partial charge in [-0.1, -0.05) is 29.3 Å². The van der Waals surface area contributed by atoms with Gasteiger partial charge in [0.2, 0.25) is 5.75 Å². The maximum Gasteiger partial charge on any atom is 0.437 e. The van der Waals surface area contributed by atoms with E-state index in [0.717, 1.165) is 22.8 Å². The average Bonchev–Trinajstić information content (AvgIpc) is 2.83. The molecule has 1 N–H and O–H groups in total. The highest BCUT2D eigenvalue weighted by Crippen LogP contribution is 2.35. The van der Waals surface area contributed by atoms with Crippen molar-refractivity contribution in [1.82, 2.24) is 19.7 Å². The Morgan fingerprint density at radius 1 is 1.11 bits per heavy atom. The highest BCUT2D eigenvalue weighted by atomic mass is 35.5. The van der Waals surface area contributed by atoms with Crippen LogP contribution in [0.2, 0.25) is 10.0 Å². The molecule has 0 aliphatic carbocycles. The van der Waals surface area contributed by atoms with Crippen LogP contribution < -0.4 is 15.9 Å². The van der Waals surface area contributed by atoms with Crippen molar-refractivity contribution in [2.75, 3.05) is 0 Å². The van der Waals surface area contributed by atoms with Crippen LogP contribution in [0.3, 0.4) is 0 Å². The highest BCUT2D eigenvalue weighted by Gasteiger charge is 2.38. The van der Waals surface area contributed by atoms with E-state index in [-0.39, 0.29) is 38.2 Å². The number of nitrogens with one attached hydrogen (secondary N) is 1. The van der Waals surface area contributed by atoms with E-state index in [1.54, 1.807) is 6.07 Å². The van der Waals surface area contributed by atoms with Gasteiger partial charge in [-0.25, -0.2) is 14.5 Å². The van der Waals surface area contributed by atoms with Crippen molar-refractivity contribution in [3.63, 3.8) is 0 Å². The fourth-order valence-electron chi connectivity index (χ4n) is 3.23. The van der Waals surface area contributed by atoms with E-state index in [9.17, 15) is 27.2 Å². The zero-order valence-corrected chi connectivity index (χ0v) is 19.6. The fourth-order valence-corrected chi connectivity index (χ4v) is 3.57. The smallest absolute Gasteiger partial charge is 0.437 e. The number of aromatic amines is 1. The number of aromatic nitrogens is 4. The van der Waals surface area contributed by atoms with E-state index < -0.39 is 41.1 Å². The third-order valence-corrected chi connectivity index (χ3v) is 5.45. The van der Waals surface area contributed by atoms with Crippen molar-refractivity contribution < 1.29 is 22.3 Å². The Morgan fingerprint density at radius 3 is 2.54 bits per heavy atom. The minimum absolute atomic E-state index is 0.0127. The molecule has 0 bridgehead atoms. The molecule has 0 spiro atoms. The summed E-state index contributed by atoms with van der Waals surface area (Å²) in [7, 11) is 0. The number of nitrogens with zero attached hydrogens (tertiary/aromatic N) is 4. The van der Waals surface area contributed by atoms with Crippen LogP contribution >= 0.6 is 23.2 Å². The van der Waals surface area contributed by atoms with Gasteiger partial charge in [-0.2, -0.15) is 23.5 Å². The molecule has 0 saturated heterocycles. The van der Waals surface area contributed by atoms with Crippen LogP contribution in [0.5, 0.6) is 11.5 Å². The van der Waals surface area contributed by atoms with Gasteiger partial charge in [-0.15, -0.1) is 0 Å². The minimum atomic E-state index is -5.07. The van der Waals surface area contributed by atoms with Crippen LogP contribution in [-0.4, -0.2) is 19.7 Å². The third-order valence-electron chi connectivity index (χ3n) is 4.92. The summed E-state index contributed by atoms with van der Waals surface area (Å²) in [6.07, 6.45) is -4.46. The first-order valence-electron chi connectivity index (χ1n) is 10.1. The van der Waals surface area contributed by atoms with E-state index in [1.807, 2.05) is 0 Å². The lowest BCUT2D eigenvalue weighted by Crippen LogP contribution is -2.28. The monoisotopic (exact) mass is 551 g/mol. The molecule has 0 aliphatic heterocycles. The lowest BCUT2D eigenvalue weighted by atomic mass is 10.1.